The number of benzene rings is 2. The van der Waals surface area contributed by atoms with Gasteiger partial charge in [-0.05, 0) is 56.2 Å². The van der Waals surface area contributed by atoms with Gasteiger partial charge in [0.1, 0.15) is 5.75 Å². The normalized spacial score (nSPS) is 22.6. The van der Waals surface area contributed by atoms with Crippen molar-refractivity contribution >= 4 is 22.9 Å². The summed E-state index contributed by atoms with van der Waals surface area (Å²) in [5, 5.41) is 6.06. The van der Waals surface area contributed by atoms with Gasteiger partial charge in [-0.15, -0.1) is 0 Å². The van der Waals surface area contributed by atoms with Crippen LogP contribution in [0.15, 0.2) is 48.7 Å². The van der Waals surface area contributed by atoms with Crippen LogP contribution in [-0.4, -0.2) is 36.5 Å². The van der Waals surface area contributed by atoms with Crippen molar-refractivity contribution in [3.8, 4) is 5.75 Å². The third kappa shape index (κ3) is 3.83. The van der Waals surface area contributed by atoms with Gasteiger partial charge in [0.2, 0.25) is 0 Å². The molecule has 0 bridgehead atoms. The minimum absolute atomic E-state index is 0.0808. The van der Waals surface area contributed by atoms with Gasteiger partial charge in [0.25, 0.3) is 5.91 Å². The minimum atomic E-state index is -0.0808. The van der Waals surface area contributed by atoms with Gasteiger partial charge in [0, 0.05) is 42.3 Å². The zero-order valence-corrected chi connectivity index (χ0v) is 15.8. The van der Waals surface area contributed by atoms with Gasteiger partial charge in [-0.3, -0.25) is 9.69 Å². The number of amides is 1. The molecule has 2 unspecified atom stereocenters. The average molecular weight is 363 g/mol. The van der Waals surface area contributed by atoms with Crippen LogP contribution in [0.25, 0.3) is 5.57 Å². The van der Waals surface area contributed by atoms with Crippen molar-refractivity contribution < 1.29 is 9.53 Å². The molecule has 27 heavy (non-hydrogen) atoms. The predicted molar refractivity (Wildman–Crippen MR) is 109 cm³/mol. The third-order valence-electron chi connectivity index (χ3n) is 5.16. The minimum Gasteiger partial charge on any atom is -0.494 e. The van der Waals surface area contributed by atoms with E-state index in [9.17, 15) is 4.79 Å². The number of carbonyl (C=O) groups is 1. The van der Waals surface area contributed by atoms with Crippen molar-refractivity contribution in [2.75, 3.05) is 30.3 Å². The van der Waals surface area contributed by atoms with Gasteiger partial charge >= 0.3 is 0 Å². The zero-order valence-electron chi connectivity index (χ0n) is 15.8. The Balaban J connectivity index is 0.000000304. The smallest absolute Gasteiger partial charge is 0.257 e. The van der Waals surface area contributed by atoms with Crippen molar-refractivity contribution in [3.63, 3.8) is 0 Å². The second kappa shape index (κ2) is 7.45. The largest absolute Gasteiger partial charge is 0.494 e. The van der Waals surface area contributed by atoms with Gasteiger partial charge in [-0.1, -0.05) is 12.1 Å². The quantitative estimate of drug-likeness (QED) is 0.640. The molecule has 2 atom stereocenters. The Morgan fingerprint density at radius 1 is 1.26 bits per heavy atom. The van der Waals surface area contributed by atoms with E-state index >= 15 is 0 Å². The molecule has 2 aromatic rings. The molecule has 2 N–H and O–H groups in total. The fourth-order valence-corrected chi connectivity index (χ4v) is 3.44. The van der Waals surface area contributed by atoms with E-state index in [0.717, 1.165) is 34.3 Å². The molecule has 3 aliphatic heterocycles. The highest BCUT2D eigenvalue weighted by atomic mass is 16.5. The van der Waals surface area contributed by atoms with Crippen molar-refractivity contribution in [2.24, 2.45) is 0 Å². The Morgan fingerprint density at radius 3 is 2.63 bits per heavy atom. The highest BCUT2D eigenvalue weighted by molar-refractivity contribution is 6.32. The molecular weight excluding hydrogens is 338 g/mol. The maximum absolute atomic E-state index is 12.1. The monoisotopic (exact) mass is 363 g/mol. The summed E-state index contributed by atoms with van der Waals surface area (Å²) in [4.78, 5) is 14.6. The summed E-state index contributed by atoms with van der Waals surface area (Å²) in [7, 11) is 0. The molecule has 0 saturated carbocycles. The van der Waals surface area contributed by atoms with Crippen LogP contribution in [0, 0.1) is 6.92 Å². The molecule has 140 valence electrons. The summed E-state index contributed by atoms with van der Waals surface area (Å²) in [5.74, 6) is 0.753. The Kier molecular flexibility index (Phi) is 4.86. The van der Waals surface area contributed by atoms with Crippen molar-refractivity contribution in [1.82, 2.24) is 4.90 Å². The summed E-state index contributed by atoms with van der Waals surface area (Å²) >= 11 is 0. The van der Waals surface area contributed by atoms with Crippen molar-refractivity contribution in [3.05, 3.63) is 59.8 Å². The molecule has 5 heteroatoms. The molecule has 2 aromatic carbocycles. The van der Waals surface area contributed by atoms with Gasteiger partial charge < -0.3 is 15.4 Å². The number of nitrogens with one attached hydrogen (secondary N) is 2. The predicted octanol–water partition coefficient (Wildman–Crippen LogP) is 3.87. The zero-order chi connectivity index (χ0) is 18.8. The Morgan fingerprint density at radius 2 is 2.04 bits per heavy atom. The Labute approximate surface area is 160 Å². The second-order valence-corrected chi connectivity index (χ2v) is 7.05. The maximum Gasteiger partial charge on any atom is 0.257 e. The molecule has 2 fully saturated rings. The first kappa shape index (κ1) is 17.6. The summed E-state index contributed by atoms with van der Waals surface area (Å²) in [6, 6.07) is 14.6. The fourth-order valence-electron chi connectivity index (χ4n) is 3.44. The number of nitrogens with zero attached hydrogens (tertiary/aromatic N) is 1. The molecule has 2 saturated heterocycles. The lowest BCUT2D eigenvalue weighted by molar-refractivity contribution is -0.110. The molecule has 3 heterocycles. The molecule has 0 spiro atoms. The average Bonchev–Trinajstić information content (AvgIpc) is 3.09. The first-order valence-electron chi connectivity index (χ1n) is 9.50. The number of anilines is 2. The number of hydrogen-bond acceptors (Lipinski definition) is 4. The second-order valence-electron chi connectivity index (χ2n) is 7.05. The maximum atomic E-state index is 12.1. The van der Waals surface area contributed by atoms with Crippen molar-refractivity contribution in [1.29, 1.82) is 0 Å². The van der Waals surface area contributed by atoms with E-state index in [0.29, 0.717) is 12.2 Å². The molecule has 5 rings (SSSR count). The molecule has 3 aliphatic rings. The van der Waals surface area contributed by atoms with E-state index in [1.54, 1.807) is 6.20 Å². The van der Waals surface area contributed by atoms with E-state index in [-0.39, 0.29) is 5.91 Å². The van der Waals surface area contributed by atoms with Crippen LogP contribution in [0.4, 0.5) is 11.4 Å². The molecule has 0 aliphatic carbocycles. The van der Waals surface area contributed by atoms with Gasteiger partial charge in [0.05, 0.1) is 12.2 Å². The van der Waals surface area contributed by atoms with E-state index in [1.807, 2.05) is 56.3 Å². The van der Waals surface area contributed by atoms with Gasteiger partial charge in [-0.2, -0.15) is 0 Å². The third-order valence-corrected chi connectivity index (χ3v) is 5.16. The number of carbonyl (C=O) groups excluding carboxylic acids is 1. The van der Waals surface area contributed by atoms with E-state index in [4.69, 9.17) is 4.74 Å². The topological polar surface area (TPSA) is 53.4 Å². The lowest BCUT2D eigenvalue weighted by Gasteiger charge is -2.08. The lowest BCUT2D eigenvalue weighted by atomic mass is 10.0. The SMILES string of the molecule is C1CN2CC12.CCOc1ccc(NC=C2C(=O)Nc3cccc(C)c32)cc1. The van der Waals surface area contributed by atoms with Crippen LogP contribution in [-0.2, 0) is 4.79 Å². The number of hydrogen-bond donors (Lipinski definition) is 2. The lowest BCUT2D eigenvalue weighted by Crippen LogP contribution is -2.16. The van der Waals surface area contributed by atoms with Gasteiger partial charge in [-0.25, -0.2) is 0 Å². The summed E-state index contributed by atoms with van der Waals surface area (Å²) in [5.41, 5.74) is 4.47. The fraction of sp³-hybridized carbons (Fsp3) is 0.318. The number of rotatable bonds is 4. The molecular formula is C22H25N3O2. The van der Waals surface area contributed by atoms with Crippen LogP contribution < -0.4 is 15.4 Å². The van der Waals surface area contributed by atoms with Crippen LogP contribution in [0.1, 0.15) is 24.5 Å². The number of aryl methyl sites for hydroxylation is 1. The summed E-state index contributed by atoms with van der Waals surface area (Å²) in [6.07, 6.45) is 3.24. The molecule has 5 nitrogen and oxygen atoms in total. The highest BCUT2D eigenvalue weighted by Crippen LogP contribution is 2.34. The van der Waals surface area contributed by atoms with Crippen molar-refractivity contribution in [2.45, 2.75) is 26.3 Å². The summed E-state index contributed by atoms with van der Waals surface area (Å²) < 4.78 is 5.41. The van der Waals surface area contributed by atoms with Crippen LogP contribution in [0.2, 0.25) is 0 Å². The van der Waals surface area contributed by atoms with E-state index < -0.39 is 0 Å². The molecule has 0 aromatic heterocycles. The molecule has 0 radical (unpaired) electrons. The Bertz CT molecular complexity index is 862. The Hall–Kier alpha value is -2.79. The standard InChI is InChI=1S/C18H18N2O2.C4H7N/c1-3-22-14-9-7-13(8-10-14)19-11-15-17-12(2)5-4-6-16(17)20-18(15)21;1-2-5-3-4(1)5/h4-11,19H,3H2,1-2H3,(H,20,21);4H,1-3H2. The summed E-state index contributed by atoms with van der Waals surface area (Å²) in [6.45, 7) is 7.41. The first-order valence-corrected chi connectivity index (χ1v) is 9.50. The first-order chi connectivity index (χ1) is 13.2. The number of ether oxygens (including phenoxy) is 1. The van der Waals surface area contributed by atoms with Gasteiger partial charge in [0.15, 0.2) is 0 Å². The molecule has 1 amide bonds. The van der Waals surface area contributed by atoms with E-state index in [2.05, 4.69) is 15.5 Å². The van der Waals surface area contributed by atoms with Crippen LogP contribution >= 0.6 is 0 Å². The van der Waals surface area contributed by atoms with Crippen LogP contribution in [0.3, 0.4) is 0 Å². The highest BCUT2D eigenvalue weighted by Gasteiger charge is 2.41. The van der Waals surface area contributed by atoms with Crippen LogP contribution in [0.5, 0.6) is 5.75 Å². The van der Waals surface area contributed by atoms with E-state index in [1.165, 1.54) is 19.5 Å². The number of fused-ring (bicyclic) bond motifs is 2.